The van der Waals surface area contributed by atoms with Crippen molar-refractivity contribution in [3.63, 3.8) is 0 Å². The number of aromatic hydroxyl groups is 2. The van der Waals surface area contributed by atoms with Gasteiger partial charge < -0.3 is 84.0 Å². The second kappa shape index (κ2) is 34.6. The summed E-state index contributed by atoms with van der Waals surface area (Å²) in [5.74, 6) is -15.2. The second-order valence-electron chi connectivity index (χ2n) is 21.1. The molecule has 0 unspecified atom stereocenters. The summed E-state index contributed by atoms with van der Waals surface area (Å²) in [5, 5.41) is 69.6. The Morgan fingerprint density at radius 3 is 1.42 bits per heavy atom. The van der Waals surface area contributed by atoms with Gasteiger partial charge >= 0.3 is 17.9 Å². The van der Waals surface area contributed by atoms with Crippen molar-refractivity contribution in [3.8, 4) is 11.5 Å². The molecular formula is C54H77N11O18S2. The third-order valence-corrected chi connectivity index (χ3v) is 13.8. The number of amides is 10. The highest BCUT2D eigenvalue weighted by Crippen LogP contribution is 2.21. The van der Waals surface area contributed by atoms with E-state index in [1.807, 2.05) is 13.8 Å². The third kappa shape index (κ3) is 24.1. The molecule has 2 aromatic rings. The fraction of sp³-hybridized carbons (Fsp3) is 0.537. The summed E-state index contributed by atoms with van der Waals surface area (Å²) in [5.41, 5.74) is 6.83. The standard InChI is InChI=1S/C54H77N11O18S2/c1-26(2)17-33(55)53(81)65-16-6-7-41(65)52(80)64-40(25-85)51(79)61-37(21-43(69)70)49(77)60-36(20-30-10-14-32(67)15-11-30)48(76)59-35(19-29-8-12-31(66)13-9-29)46(74)56-23-42(68)57-28(5)45(73)63-39(24-84)50(78)58-34(18-27(3)4)47(75)62-38(54(82)83)22-44(71)72/h8-15,26-28,33-41,66-67,84-85H,6-7,16-25,55H2,1-5H3,(H,56,74)(H,57,68)(H,58,78)(H,59,76)(H,60,77)(H,61,79)(H,62,75)(H,63,73)(H,64,80)(H,69,70)(H,71,72)(H,82,83)/t28-,33-,34-,35-,36-,37-,38-,39-,40-,41-/m0/s1. The van der Waals surface area contributed by atoms with Crippen molar-refractivity contribution in [3.05, 3.63) is 59.7 Å². The largest absolute Gasteiger partial charge is 0.508 e. The summed E-state index contributed by atoms with van der Waals surface area (Å²) in [7, 11) is 0. The van der Waals surface area contributed by atoms with Crippen molar-refractivity contribution in [1.82, 2.24) is 52.8 Å². The minimum Gasteiger partial charge on any atom is -0.508 e. The number of phenols is 2. The quantitative estimate of drug-likeness (QED) is 0.0315. The lowest BCUT2D eigenvalue weighted by Gasteiger charge is -2.29. The van der Waals surface area contributed by atoms with Gasteiger partial charge in [0.05, 0.1) is 25.4 Å². The number of hydrogen-bond acceptors (Lipinski definition) is 18. The van der Waals surface area contributed by atoms with Crippen LogP contribution in [0, 0.1) is 11.8 Å². The SMILES string of the molecule is CC(C)C[C@H](NC(=O)[C@H](CS)NC(=O)[C@H](C)NC(=O)CNC(=O)[C@H](Cc1ccc(O)cc1)NC(=O)[C@H](Cc1ccc(O)cc1)NC(=O)[C@H](CC(=O)O)NC(=O)[C@H](CS)NC(=O)[C@@H]1CCCN1C(=O)[C@@H](N)CC(C)C)C(=O)N[C@@H](CC(=O)O)C(=O)O. The minimum absolute atomic E-state index is 0.0284. The average molecular weight is 1230 g/mol. The zero-order chi connectivity index (χ0) is 63.8. The number of likely N-dealkylation sites (tertiary alicyclic amines) is 1. The molecule has 31 heteroatoms. The van der Waals surface area contributed by atoms with Gasteiger partial charge in [-0.25, -0.2) is 4.79 Å². The fourth-order valence-electron chi connectivity index (χ4n) is 8.70. The van der Waals surface area contributed by atoms with E-state index < -0.39 is 157 Å². The molecule has 1 fully saturated rings. The van der Waals surface area contributed by atoms with Gasteiger partial charge in [-0.05, 0) is 79.8 Å². The summed E-state index contributed by atoms with van der Waals surface area (Å²) in [4.78, 5) is 172. The molecule has 0 saturated carbocycles. The first-order valence-electron chi connectivity index (χ1n) is 27.1. The highest BCUT2D eigenvalue weighted by molar-refractivity contribution is 7.80. The molecule has 1 saturated heterocycles. The number of phenolic OH excluding ortho intramolecular Hbond substituents is 2. The van der Waals surface area contributed by atoms with Gasteiger partial charge in [0, 0.05) is 30.9 Å². The molecule has 0 spiro atoms. The molecule has 0 aliphatic carbocycles. The number of nitrogens with zero attached hydrogens (tertiary/aromatic N) is 1. The smallest absolute Gasteiger partial charge is 0.326 e. The maximum absolute atomic E-state index is 14.4. The van der Waals surface area contributed by atoms with E-state index in [-0.39, 0.29) is 67.1 Å². The van der Waals surface area contributed by atoms with E-state index in [1.54, 1.807) is 13.8 Å². The van der Waals surface area contributed by atoms with Gasteiger partial charge in [-0.2, -0.15) is 25.3 Å². The van der Waals surface area contributed by atoms with E-state index in [2.05, 4.69) is 73.1 Å². The maximum atomic E-state index is 14.4. The van der Waals surface area contributed by atoms with E-state index in [0.717, 1.165) is 0 Å². The molecule has 10 atom stereocenters. The predicted molar refractivity (Wildman–Crippen MR) is 309 cm³/mol. The number of rotatable bonds is 34. The van der Waals surface area contributed by atoms with Crippen LogP contribution in [0.1, 0.15) is 84.3 Å². The van der Waals surface area contributed by atoms with Gasteiger partial charge in [0.1, 0.15) is 65.9 Å². The van der Waals surface area contributed by atoms with E-state index in [0.29, 0.717) is 24.0 Å². The number of benzene rings is 2. The lowest BCUT2D eigenvalue weighted by atomic mass is 10.0. The summed E-state index contributed by atoms with van der Waals surface area (Å²) >= 11 is 8.32. The molecule has 0 radical (unpaired) electrons. The molecule has 1 aliphatic rings. The monoisotopic (exact) mass is 1230 g/mol. The molecule has 29 nitrogen and oxygen atoms in total. The molecule has 16 N–H and O–H groups in total. The van der Waals surface area contributed by atoms with Crippen LogP contribution in [-0.4, -0.2) is 192 Å². The predicted octanol–water partition coefficient (Wildman–Crippen LogP) is -2.80. The van der Waals surface area contributed by atoms with Gasteiger partial charge in [-0.15, -0.1) is 0 Å². The van der Waals surface area contributed by atoms with Crippen molar-refractivity contribution in [2.45, 2.75) is 146 Å². The highest BCUT2D eigenvalue weighted by Gasteiger charge is 2.39. The maximum Gasteiger partial charge on any atom is 0.326 e. The van der Waals surface area contributed by atoms with Crippen LogP contribution in [0.2, 0.25) is 0 Å². The molecule has 0 aromatic heterocycles. The highest BCUT2D eigenvalue weighted by atomic mass is 32.1. The van der Waals surface area contributed by atoms with Crippen LogP contribution in [0.4, 0.5) is 0 Å². The Morgan fingerprint density at radius 2 is 0.941 bits per heavy atom. The van der Waals surface area contributed by atoms with E-state index in [9.17, 15) is 82.8 Å². The van der Waals surface area contributed by atoms with Crippen molar-refractivity contribution < 1.29 is 87.9 Å². The molecular weight excluding hydrogens is 1150 g/mol. The minimum atomic E-state index is -1.90. The summed E-state index contributed by atoms with van der Waals surface area (Å²) < 4.78 is 0. The number of carbonyl (C=O) groups is 13. The number of nitrogens with one attached hydrogen (secondary N) is 9. The van der Waals surface area contributed by atoms with Crippen LogP contribution in [-0.2, 0) is 75.2 Å². The van der Waals surface area contributed by atoms with Crippen LogP contribution in [0.15, 0.2) is 48.5 Å². The van der Waals surface area contributed by atoms with Crippen LogP contribution in [0.3, 0.4) is 0 Å². The Balaban J connectivity index is 1.80. The Morgan fingerprint density at radius 1 is 0.529 bits per heavy atom. The number of hydrogen-bond donors (Lipinski definition) is 17. The van der Waals surface area contributed by atoms with E-state index >= 15 is 0 Å². The number of thiol groups is 2. The summed E-state index contributed by atoms with van der Waals surface area (Å²) in [6.07, 6.45) is -1.60. The van der Waals surface area contributed by atoms with Crippen molar-refractivity contribution in [2.75, 3.05) is 24.6 Å². The fourth-order valence-corrected chi connectivity index (χ4v) is 9.22. The van der Waals surface area contributed by atoms with Gasteiger partial charge in [0.15, 0.2) is 0 Å². The van der Waals surface area contributed by atoms with E-state index in [1.165, 1.54) is 60.4 Å². The van der Waals surface area contributed by atoms with Gasteiger partial charge in [-0.1, -0.05) is 52.0 Å². The molecule has 468 valence electrons. The average Bonchev–Trinajstić information content (AvgIpc) is 4.02. The van der Waals surface area contributed by atoms with Crippen LogP contribution in [0.5, 0.6) is 11.5 Å². The number of nitrogens with two attached hydrogens (primary N) is 1. The third-order valence-electron chi connectivity index (χ3n) is 13.1. The first-order valence-corrected chi connectivity index (χ1v) is 28.4. The molecule has 0 bridgehead atoms. The number of carboxylic acid groups (broad SMARTS) is 3. The topological polar surface area (TPSA) is 461 Å². The Kier molecular flexibility index (Phi) is 28.9. The number of carboxylic acids is 3. The van der Waals surface area contributed by atoms with Crippen LogP contribution in [0.25, 0.3) is 0 Å². The summed E-state index contributed by atoms with van der Waals surface area (Å²) in [6.45, 7) is 7.81. The molecule has 1 heterocycles. The van der Waals surface area contributed by atoms with Gasteiger partial charge in [0.2, 0.25) is 59.1 Å². The zero-order valence-electron chi connectivity index (χ0n) is 47.5. The Bertz CT molecular complexity index is 2720. The lowest BCUT2D eigenvalue weighted by Crippen LogP contribution is -2.60. The Hall–Kier alpha value is -8.19. The molecule has 10 amide bonds. The number of aliphatic carboxylic acids is 3. The number of carbonyl (C=O) groups excluding carboxylic acids is 10. The first kappa shape index (κ1) is 71.1. The second-order valence-corrected chi connectivity index (χ2v) is 21.9. The van der Waals surface area contributed by atoms with E-state index in [4.69, 9.17) is 10.8 Å². The van der Waals surface area contributed by atoms with Gasteiger partial charge in [0.25, 0.3) is 0 Å². The Labute approximate surface area is 500 Å². The molecule has 1 aliphatic heterocycles. The van der Waals surface area contributed by atoms with Crippen LogP contribution < -0.4 is 53.6 Å². The van der Waals surface area contributed by atoms with Gasteiger partial charge in [-0.3, -0.25) is 57.5 Å². The van der Waals surface area contributed by atoms with Crippen molar-refractivity contribution >= 4 is 102 Å². The zero-order valence-corrected chi connectivity index (χ0v) is 49.3. The first-order chi connectivity index (χ1) is 39.9. The molecule has 85 heavy (non-hydrogen) atoms. The molecule has 2 aromatic carbocycles. The van der Waals surface area contributed by atoms with Crippen molar-refractivity contribution in [2.24, 2.45) is 17.6 Å². The molecule has 3 rings (SSSR count). The van der Waals surface area contributed by atoms with Crippen molar-refractivity contribution in [1.29, 1.82) is 0 Å². The lowest BCUT2D eigenvalue weighted by molar-refractivity contribution is -0.147. The van der Waals surface area contributed by atoms with Crippen LogP contribution >= 0.6 is 25.3 Å². The normalized spacial score (nSPS) is 16.1. The summed E-state index contributed by atoms with van der Waals surface area (Å²) in [6, 6.07) is -3.68.